The summed E-state index contributed by atoms with van der Waals surface area (Å²) in [5.74, 6) is 0.0904. The summed E-state index contributed by atoms with van der Waals surface area (Å²) < 4.78 is 51.7. The topological polar surface area (TPSA) is 84.8 Å². The zero-order valence-corrected chi connectivity index (χ0v) is 20.9. The van der Waals surface area contributed by atoms with E-state index in [9.17, 15) is 18.0 Å². The van der Waals surface area contributed by atoms with Crippen molar-refractivity contribution in [3.63, 3.8) is 0 Å². The zero-order valence-electron chi connectivity index (χ0n) is 20.9. The van der Waals surface area contributed by atoms with E-state index < -0.39 is 11.7 Å². The lowest BCUT2D eigenvalue weighted by Crippen LogP contribution is -2.29. The molecule has 2 fully saturated rings. The van der Waals surface area contributed by atoms with E-state index in [4.69, 9.17) is 9.47 Å². The molecule has 0 radical (unpaired) electrons. The molecule has 1 aromatic heterocycles. The summed E-state index contributed by atoms with van der Waals surface area (Å²) in [6, 6.07) is 1.26. The normalized spacial score (nSPS) is 19.0. The van der Waals surface area contributed by atoms with E-state index in [1.165, 1.54) is 12.3 Å². The first-order valence-corrected chi connectivity index (χ1v) is 12.5. The van der Waals surface area contributed by atoms with E-state index in [0.29, 0.717) is 37.5 Å². The number of ether oxygens (including phenoxy) is 2. The quantitative estimate of drug-likeness (QED) is 0.448. The van der Waals surface area contributed by atoms with Crippen LogP contribution in [0.5, 0.6) is 0 Å². The average molecular weight is 509 g/mol. The molecule has 2 aliphatic heterocycles. The maximum atomic E-state index is 13.7. The van der Waals surface area contributed by atoms with Gasteiger partial charge in [-0.2, -0.15) is 13.2 Å². The van der Waals surface area contributed by atoms with Gasteiger partial charge in [0.25, 0.3) is 0 Å². The van der Waals surface area contributed by atoms with Crippen LogP contribution in [0.1, 0.15) is 57.1 Å². The highest BCUT2D eigenvalue weighted by Crippen LogP contribution is 2.35. The van der Waals surface area contributed by atoms with Gasteiger partial charge in [0, 0.05) is 63.2 Å². The monoisotopic (exact) mass is 508 g/mol. The van der Waals surface area contributed by atoms with E-state index in [0.717, 1.165) is 50.9 Å². The molecule has 2 saturated heterocycles. The van der Waals surface area contributed by atoms with Crippen molar-refractivity contribution >= 4 is 23.5 Å². The Morgan fingerprint density at radius 2 is 1.83 bits per heavy atom. The second-order valence-corrected chi connectivity index (χ2v) is 9.08. The third kappa shape index (κ3) is 8.44. The van der Waals surface area contributed by atoms with Crippen LogP contribution in [0.25, 0.3) is 5.57 Å². The predicted molar refractivity (Wildman–Crippen MR) is 133 cm³/mol. The van der Waals surface area contributed by atoms with Crippen LogP contribution in [0.3, 0.4) is 0 Å². The van der Waals surface area contributed by atoms with E-state index in [2.05, 4.69) is 20.6 Å². The second-order valence-electron chi connectivity index (χ2n) is 9.08. The minimum Gasteiger partial charge on any atom is -0.384 e. The highest BCUT2D eigenvalue weighted by Gasteiger charge is 2.34. The molecule has 0 aromatic carbocycles. The van der Waals surface area contributed by atoms with Gasteiger partial charge < -0.3 is 20.1 Å². The van der Waals surface area contributed by atoms with Crippen LogP contribution in [-0.4, -0.2) is 50.1 Å². The van der Waals surface area contributed by atoms with Crippen molar-refractivity contribution < 1.29 is 27.4 Å². The Morgan fingerprint density at radius 1 is 1.17 bits per heavy atom. The molecule has 36 heavy (non-hydrogen) atoms. The summed E-state index contributed by atoms with van der Waals surface area (Å²) in [4.78, 5) is 20.7. The fraction of sp³-hybridized carbons (Fsp3) is 0.577. The Hall–Kier alpha value is -2.72. The van der Waals surface area contributed by atoms with Crippen LogP contribution in [0.15, 0.2) is 35.2 Å². The predicted octanol–water partition coefficient (Wildman–Crippen LogP) is 5.21. The number of amides is 1. The standard InChI is InChI=1S/C26H35F3N4O3/c1-3-4-21(31-15-19-5-9-35-10-6-19)16-30-14-18(2)22-13-24(32-17-23(22)26(27,28)29)33-25(34)20-7-11-36-12-8-20/h4,13-14,16-17,19-20,31H,3,5-12,15H2,1-2H3,(H,32,33,34)/b18-14+,21-4-,30-16+. The van der Waals surface area contributed by atoms with Gasteiger partial charge in [-0.25, -0.2) is 4.98 Å². The van der Waals surface area contributed by atoms with Gasteiger partial charge in [0.05, 0.1) is 5.56 Å². The molecular formula is C26H35F3N4O3. The van der Waals surface area contributed by atoms with Gasteiger partial charge >= 0.3 is 6.18 Å². The van der Waals surface area contributed by atoms with Crippen molar-refractivity contribution in [2.45, 2.75) is 52.1 Å². The second kappa shape index (κ2) is 13.5. The van der Waals surface area contributed by atoms with Gasteiger partial charge in [-0.1, -0.05) is 13.0 Å². The molecule has 2 N–H and O–H groups in total. The van der Waals surface area contributed by atoms with Gasteiger partial charge in [-0.3, -0.25) is 9.79 Å². The molecule has 0 unspecified atom stereocenters. The van der Waals surface area contributed by atoms with Gasteiger partial charge in [-0.05, 0) is 62.1 Å². The van der Waals surface area contributed by atoms with Gasteiger partial charge in [-0.15, -0.1) is 0 Å². The number of rotatable bonds is 9. The van der Waals surface area contributed by atoms with Crippen LogP contribution in [0, 0.1) is 11.8 Å². The Kier molecular flexibility index (Phi) is 10.5. The van der Waals surface area contributed by atoms with E-state index in [1.54, 1.807) is 13.1 Å². The number of hydrogen-bond donors (Lipinski definition) is 2. The number of carbonyl (C=O) groups is 1. The number of anilines is 1. The zero-order chi connectivity index (χ0) is 26.0. The molecule has 0 spiro atoms. The number of halogens is 3. The number of aromatic nitrogens is 1. The van der Waals surface area contributed by atoms with Crippen molar-refractivity contribution in [3.8, 4) is 0 Å². The van der Waals surface area contributed by atoms with E-state index >= 15 is 0 Å². The van der Waals surface area contributed by atoms with Crippen molar-refractivity contribution in [2.24, 2.45) is 16.8 Å². The molecule has 1 aromatic rings. The first-order valence-electron chi connectivity index (χ1n) is 12.5. The first kappa shape index (κ1) is 27.9. The summed E-state index contributed by atoms with van der Waals surface area (Å²) in [6.45, 7) is 6.87. The molecule has 198 valence electrons. The Labute approximate surface area is 210 Å². The Morgan fingerprint density at radius 3 is 2.47 bits per heavy atom. The maximum absolute atomic E-state index is 13.7. The lowest BCUT2D eigenvalue weighted by Gasteiger charge is -2.22. The Bertz CT molecular complexity index is 964. The third-order valence-electron chi connectivity index (χ3n) is 6.32. The van der Waals surface area contributed by atoms with E-state index in [1.807, 2.05) is 13.0 Å². The van der Waals surface area contributed by atoms with Crippen LogP contribution in [-0.2, 0) is 20.4 Å². The highest BCUT2D eigenvalue weighted by molar-refractivity contribution is 5.92. The lowest BCUT2D eigenvalue weighted by molar-refractivity contribution is -0.138. The highest BCUT2D eigenvalue weighted by atomic mass is 19.4. The Balaban J connectivity index is 1.74. The van der Waals surface area contributed by atoms with E-state index in [-0.39, 0.29) is 23.2 Å². The molecule has 2 aliphatic rings. The largest absolute Gasteiger partial charge is 0.418 e. The molecule has 1 amide bonds. The number of allylic oxidation sites excluding steroid dienone is 3. The van der Waals surface area contributed by atoms with Gasteiger partial charge in [0.2, 0.25) is 5.91 Å². The SMILES string of the molecule is CC/C=C(/C=N/C=C(\C)c1cc(NC(=O)C2CCOCC2)ncc1C(F)(F)F)NCC1CCOCC1. The summed E-state index contributed by atoms with van der Waals surface area (Å²) in [6.07, 6.45) is 5.11. The molecule has 3 rings (SSSR count). The number of nitrogens with zero attached hydrogens (tertiary/aromatic N) is 2. The van der Waals surface area contributed by atoms with Gasteiger partial charge in [0.1, 0.15) is 5.82 Å². The van der Waals surface area contributed by atoms with Crippen molar-refractivity contribution in [3.05, 3.63) is 41.4 Å². The van der Waals surface area contributed by atoms with Crippen LogP contribution in [0.2, 0.25) is 0 Å². The van der Waals surface area contributed by atoms with Crippen LogP contribution in [0.4, 0.5) is 19.0 Å². The van der Waals surface area contributed by atoms with Gasteiger partial charge in [0.15, 0.2) is 0 Å². The summed E-state index contributed by atoms with van der Waals surface area (Å²) >= 11 is 0. The number of pyridine rings is 1. The maximum Gasteiger partial charge on any atom is 0.418 e. The summed E-state index contributed by atoms with van der Waals surface area (Å²) in [5, 5.41) is 6.04. The molecule has 7 nitrogen and oxygen atoms in total. The van der Waals surface area contributed by atoms with Crippen LogP contribution >= 0.6 is 0 Å². The number of alkyl halides is 3. The third-order valence-corrected chi connectivity index (χ3v) is 6.32. The number of nitrogens with one attached hydrogen (secondary N) is 2. The number of hydrogen-bond acceptors (Lipinski definition) is 6. The number of carbonyl (C=O) groups excluding carboxylic acids is 1. The molecule has 3 heterocycles. The molecule has 0 bridgehead atoms. The van der Waals surface area contributed by atoms with Crippen molar-refractivity contribution in [2.75, 3.05) is 38.3 Å². The average Bonchev–Trinajstić information content (AvgIpc) is 2.87. The van der Waals surface area contributed by atoms with Crippen molar-refractivity contribution in [1.82, 2.24) is 10.3 Å². The van der Waals surface area contributed by atoms with Crippen molar-refractivity contribution in [1.29, 1.82) is 0 Å². The minimum absolute atomic E-state index is 0.0758. The summed E-state index contributed by atoms with van der Waals surface area (Å²) in [7, 11) is 0. The molecular weight excluding hydrogens is 473 g/mol. The molecule has 0 atom stereocenters. The lowest BCUT2D eigenvalue weighted by atomic mass is 9.99. The molecule has 0 saturated carbocycles. The fourth-order valence-corrected chi connectivity index (χ4v) is 4.17. The molecule has 10 heteroatoms. The first-order chi connectivity index (χ1) is 17.3. The molecule has 0 aliphatic carbocycles. The fourth-order valence-electron chi connectivity index (χ4n) is 4.17. The minimum atomic E-state index is -4.59. The number of aliphatic imine (C=N–C) groups is 1. The smallest absolute Gasteiger partial charge is 0.384 e. The summed E-state index contributed by atoms with van der Waals surface area (Å²) in [5.41, 5.74) is 0.177. The van der Waals surface area contributed by atoms with Crippen LogP contribution < -0.4 is 10.6 Å².